The number of hydrogen-bond acceptors (Lipinski definition) is 4. The summed E-state index contributed by atoms with van der Waals surface area (Å²) in [7, 11) is 4.06. The maximum absolute atomic E-state index is 5.64. The smallest absolute Gasteiger partial charge is 0.192 e. The van der Waals surface area contributed by atoms with Crippen molar-refractivity contribution in [3.8, 4) is 0 Å². The van der Waals surface area contributed by atoms with Crippen molar-refractivity contribution in [2.75, 3.05) is 20.8 Å². The molecule has 98 valence electrons. The largest absolute Gasteiger partial charge is 0.420 e. The normalized spacial score (nSPS) is 14.2. The molecule has 0 amide bonds. The topological polar surface area (TPSA) is 53.7 Å². The van der Waals surface area contributed by atoms with E-state index in [1.54, 1.807) is 14.2 Å². The highest BCUT2D eigenvalue weighted by Gasteiger charge is 2.38. The van der Waals surface area contributed by atoms with Gasteiger partial charge in [-0.15, -0.1) is 0 Å². The minimum absolute atomic E-state index is 0.0284. The van der Waals surface area contributed by atoms with Crippen molar-refractivity contribution < 1.29 is 13.9 Å². The molecule has 0 saturated heterocycles. The lowest BCUT2D eigenvalue weighted by Crippen LogP contribution is -2.47. The second-order valence-electron chi connectivity index (χ2n) is 3.98. The van der Waals surface area contributed by atoms with E-state index in [1.807, 2.05) is 0 Å². The summed E-state index contributed by atoms with van der Waals surface area (Å²) in [4.78, 5) is 0. The highest BCUT2D eigenvalue weighted by atomic mass is 28.2. The van der Waals surface area contributed by atoms with Crippen LogP contribution in [0.25, 0.3) is 0 Å². The van der Waals surface area contributed by atoms with E-state index in [-0.39, 0.29) is 6.10 Å². The van der Waals surface area contributed by atoms with Gasteiger partial charge in [-0.05, 0) is 19.4 Å². The molecule has 1 unspecified atom stereocenters. The molecule has 1 atom stereocenters. The lowest BCUT2D eigenvalue weighted by atomic mass is 9.99. The predicted molar refractivity (Wildman–Crippen MR) is 69.4 cm³/mol. The molecular weight excluding hydrogens is 222 g/mol. The van der Waals surface area contributed by atoms with E-state index in [4.69, 9.17) is 19.6 Å². The monoisotopic (exact) mass is 249 g/mol. The van der Waals surface area contributed by atoms with Gasteiger partial charge < -0.3 is 19.6 Å². The molecule has 0 aliphatic carbocycles. The molecule has 5 heteroatoms. The predicted octanol–water partition coefficient (Wildman–Crippen LogP) is 0.570. The van der Waals surface area contributed by atoms with E-state index in [0.29, 0.717) is 17.0 Å². The molecule has 0 rings (SSSR count). The first-order valence-electron chi connectivity index (χ1n) is 6.03. The average molecular weight is 249 g/mol. The zero-order valence-electron chi connectivity index (χ0n) is 11.1. The van der Waals surface area contributed by atoms with E-state index in [9.17, 15) is 0 Å². The number of methoxy groups -OCH3 is 2. The van der Waals surface area contributed by atoms with Gasteiger partial charge in [0.05, 0.1) is 6.10 Å². The zero-order chi connectivity index (χ0) is 12.4. The van der Waals surface area contributed by atoms with Crippen LogP contribution in [0.4, 0.5) is 0 Å². The fourth-order valence-corrected chi connectivity index (χ4v) is 2.56. The van der Waals surface area contributed by atoms with E-state index < -0.39 is 5.79 Å². The van der Waals surface area contributed by atoms with Crippen LogP contribution in [-0.2, 0) is 13.9 Å². The van der Waals surface area contributed by atoms with Crippen LogP contribution in [0.2, 0.25) is 0 Å². The third kappa shape index (κ3) is 4.51. The number of unbranched alkanes of at least 4 members (excludes halogenated alkanes) is 1. The summed E-state index contributed by atoms with van der Waals surface area (Å²) in [5.41, 5.74) is 5.54. The Hall–Kier alpha value is 0.0569. The second kappa shape index (κ2) is 9.12. The SMILES string of the molecule is CCCCC(O[SiH3])C(CCCN)(OC)OC. The van der Waals surface area contributed by atoms with Gasteiger partial charge in [-0.2, -0.15) is 0 Å². The minimum Gasteiger partial charge on any atom is -0.420 e. The first-order chi connectivity index (χ1) is 7.70. The van der Waals surface area contributed by atoms with Crippen LogP contribution in [0, 0.1) is 0 Å². The third-order valence-corrected chi connectivity index (χ3v) is 3.58. The molecule has 0 spiro atoms. The molecular formula is C11H27NO3Si. The molecule has 16 heavy (non-hydrogen) atoms. The van der Waals surface area contributed by atoms with Gasteiger partial charge in [-0.3, -0.25) is 0 Å². The fraction of sp³-hybridized carbons (Fsp3) is 1.00. The van der Waals surface area contributed by atoms with Crippen LogP contribution >= 0.6 is 0 Å². The first kappa shape index (κ1) is 16.1. The third-order valence-electron chi connectivity index (χ3n) is 3.02. The Labute approximate surface area is 102 Å². The maximum Gasteiger partial charge on any atom is 0.192 e. The molecule has 0 heterocycles. The van der Waals surface area contributed by atoms with Gasteiger partial charge in [0, 0.05) is 20.6 Å². The summed E-state index contributed by atoms with van der Waals surface area (Å²) in [6.45, 7) is 2.82. The van der Waals surface area contributed by atoms with Crippen LogP contribution < -0.4 is 5.73 Å². The fourth-order valence-electron chi connectivity index (χ4n) is 1.97. The van der Waals surface area contributed by atoms with Gasteiger partial charge in [0.1, 0.15) is 10.5 Å². The highest BCUT2D eigenvalue weighted by molar-refractivity contribution is 5.98. The Balaban J connectivity index is 4.53. The Morgan fingerprint density at radius 1 is 1.25 bits per heavy atom. The number of rotatable bonds is 10. The van der Waals surface area contributed by atoms with Crippen LogP contribution in [0.1, 0.15) is 39.0 Å². The van der Waals surface area contributed by atoms with Crippen molar-refractivity contribution in [1.82, 2.24) is 0 Å². The highest BCUT2D eigenvalue weighted by Crippen LogP contribution is 2.28. The molecule has 4 nitrogen and oxygen atoms in total. The van der Waals surface area contributed by atoms with E-state index >= 15 is 0 Å². The van der Waals surface area contributed by atoms with Gasteiger partial charge in [-0.1, -0.05) is 19.8 Å². The standard InChI is InChI=1S/C11H27NO3Si/c1-4-5-7-10(15-16)11(13-2,14-3)8-6-9-12/h10H,4-9,12H2,1-3,16H3. The Bertz CT molecular complexity index is 165. The first-order valence-corrected chi connectivity index (χ1v) is 6.85. The van der Waals surface area contributed by atoms with Crippen LogP contribution in [0.3, 0.4) is 0 Å². The summed E-state index contributed by atoms with van der Waals surface area (Å²) in [6, 6.07) is 0. The lowest BCUT2D eigenvalue weighted by molar-refractivity contribution is -0.257. The number of ether oxygens (including phenoxy) is 2. The van der Waals surface area contributed by atoms with Crippen molar-refractivity contribution in [2.24, 2.45) is 5.73 Å². The molecule has 0 aromatic heterocycles. The Morgan fingerprint density at radius 3 is 2.25 bits per heavy atom. The minimum atomic E-state index is -0.615. The molecule has 0 saturated carbocycles. The lowest BCUT2D eigenvalue weighted by Gasteiger charge is -2.38. The Morgan fingerprint density at radius 2 is 1.88 bits per heavy atom. The van der Waals surface area contributed by atoms with Gasteiger partial charge in [-0.25, -0.2) is 0 Å². The van der Waals surface area contributed by atoms with Crippen LogP contribution in [0.15, 0.2) is 0 Å². The quantitative estimate of drug-likeness (QED) is 0.454. The Kier molecular flexibility index (Phi) is 9.16. The average Bonchev–Trinajstić information content (AvgIpc) is 2.34. The van der Waals surface area contributed by atoms with E-state index in [2.05, 4.69) is 6.92 Å². The van der Waals surface area contributed by atoms with Gasteiger partial charge >= 0.3 is 0 Å². The van der Waals surface area contributed by atoms with E-state index in [0.717, 1.165) is 32.1 Å². The van der Waals surface area contributed by atoms with Crippen molar-refractivity contribution in [3.05, 3.63) is 0 Å². The van der Waals surface area contributed by atoms with Gasteiger partial charge in [0.25, 0.3) is 0 Å². The summed E-state index contributed by atoms with van der Waals surface area (Å²) >= 11 is 0. The van der Waals surface area contributed by atoms with Crippen molar-refractivity contribution >= 4 is 10.5 Å². The van der Waals surface area contributed by atoms with E-state index in [1.165, 1.54) is 0 Å². The van der Waals surface area contributed by atoms with Crippen LogP contribution in [-0.4, -0.2) is 43.1 Å². The molecule has 0 radical (unpaired) electrons. The molecule has 2 N–H and O–H groups in total. The summed E-state index contributed by atoms with van der Waals surface area (Å²) in [5, 5.41) is 0. The van der Waals surface area contributed by atoms with Crippen molar-refractivity contribution in [3.63, 3.8) is 0 Å². The summed E-state index contributed by atoms with van der Waals surface area (Å²) in [6.07, 6.45) is 4.96. The zero-order valence-corrected chi connectivity index (χ0v) is 13.1. The summed E-state index contributed by atoms with van der Waals surface area (Å²) < 4.78 is 16.8. The molecule has 0 aliphatic heterocycles. The maximum atomic E-state index is 5.64. The number of hydrogen-bond donors (Lipinski definition) is 1. The second-order valence-corrected chi connectivity index (χ2v) is 4.45. The van der Waals surface area contributed by atoms with Crippen molar-refractivity contribution in [2.45, 2.75) is 50.9 Å². The summed E-state index contributed by atoms with van der Waals surface area (Å²) in [5.74, 6) is -0.615. The molecule has 0 fully saturated rings. The molecule has 0 aromatic rings. The van der Waals surface area contributed by atoms with Crippen molar-refractivity contribution in [1.29, 1.82) is 0 Å². The molecule has 0 aliphatic rings. The van der Waals surface area contributed by atoms with Crippen LogP contribution in [0.5, 0.6) is 0 Å². The van der Waals surface area contributed by atoms with Gasteiger partial charge in [0.15, 0.2) is 5.79 Å². The molecule has 0 aromatic carbocycles. The molecule has 0 bridgehead atoms. The number of nitrogens with two attached hydrogens (primary N) is 1. The van der Waals surface area contributed by atoms with Gasteiger partial charge in [0.2, 0.25) is 0 Å².